The van der Waals surface area contributed by atoms with E-state index in [0.717, 1.165) is 0 Å². The number of azide groups is 1. The lowest BCUT2D eigenvalue weighted by Gasteiger charge is -1.93. The van der Waals surface area contributed by atoms with Crippen molar-refractivity contribution in [3.63, 3.8) is 0 Å². The fourth-order valence-corrected chi connectivity index (χ4v) is 0.233. The van der Waals surface area contributed by atoms with Crippen molar-refractivity contribution in [2.24, 2.45) is 5.11 Å². The summed E-state index contributed by atoms with van der Waals surface area (Å²) in [6, 6.07) is 0. The van der Waals surface area contributed by atoms with Crippen molar-refractivity contribution in [1.82, 2.24) is 5.48 Å². The first kappa shape index (κ1) is 7.23. The molecular weight excluding hydrogens is 108 g/mol. The zero-order chi connectivity index (χ0) is 6.24. The maximum Gasteiger partial charge on any atom is 0.0738 e. The summed E-state index contributed by atoms with van der Waals surface area (Å²) >= 11 is 0. The zero-order valence-corrected chi connectivity index (χ0v) is 4.66. The highest BCUT2D eigenvalue weighted by molar-refractivity contribution is 4.42. The summed E-state index contributed by atoms with van der Waals surface area (Å²) in [7, 11) is 1.65. The lowest BCUT2D eigenvalue weighted by atomic mass is 10.7. The second-order valence-corrected chi connectivity index (χ2v) is 1.01. The predicted molar refractivity (Wildman–Crippen MR) is 29.0 cm³/mol. The lowest BCUT2D eigenvalue weighted by Crippen LogP contribution is -2.09. The van der Waals surface area contributed by atoms with Crippen LogP contribution in [0.1, 0.15) is 0 Å². The van der Waals surface area contributed by atoms with E-state index in [2.05, 4.69) is 20.3 Å². The molecule has 0 saturated carbocycles. The minimum atomic E-state index is 0.372. The molecule has 0 spiro atoms. The van der Waals surface area contributed by atoms with Gasteiger partial charge in [0.1, 0.15) is 0 Å². The van der Waals surface area contributed by atoms with Crippen LogP contribution in [0.5, 0.6) is 0 Å². The zero-order valence-electron chi connectivity index (χ0n) is 4.66. The molecule has 0 aliphatic carbocycles. The number of hydroxylamine groups is 1. The smallest absolute Gasteiger partial charge is 0.0738 e. The molecule has 0 bridgehead atoms. The first-order valence-electron chi connectivity index (χ1n) is 2.21. The lowest BCUT2D eigenvalue weighted by molar-refractivity contribution is 0.0641. The second-order valence-electron chi connectivity index (χ2n) is 1.01. The van der Waals surface area contributed by atoms with Crippen LogP contribution in [-0.2, 0) is 4.84 Å². The summed E-state index contributed by atoms with van der Waals surface area (Å²) in [5, 5.41) is 3.22. The van der Waals surface area contributed by atoms with Gasteiger partial charge in [0.15, 0.2) is 0 Å². The SMILES string of the molecule is CNOCCN=[N+]=[N-]. The van der Waals surface area contributed by atoms with Crippen LogP contribution in [0.4, 0.5) is 0 Å². The van der Waals surface area contributed by atoms with Crippen molar-refractivity contribution in [3.05, 3.63) is 10.4 Å². The molecule has 0 aromatic carbocycles. The predicted octanol–water partition coefficient (Wildman–Crippen LogP) is 0.448. The quantitative estimate of drug-likeness (QED) is 0.190. The van der Waals surface area contributed by atoms with Gasteiger partial charge in [0.25, 0.3) is 0 Å². The number of hydrogen-bond acceptors (Lipinski definition) is 3. The Hall–Kier alpha value is -0.770. The molecule has 5 nitrogen and oxygen atoms in total. The van der Waals surface area contributed by atoms with Gasteiger partial charge in [-0.15, -0.1) is 0 Å². The van der Waals surface area contributed by atoms with Crippen LogP contribution in [0.15, 0.2) is 5.11 Å². The molecule has 0 radical (unpaired) electrons. The Bertz CT molecular complexity index is 87.3. The normalized spacial score (nSPS) is 8.12. The van der Waals surface area contributed by atoms with Crippen molar-refractivity contribution in [2.45, 2.75) is 0 Å². The van der Waals surface area contributed by atoms with Crippen LogP contribution in [0.2, 0.25) is 0 Å². The monoisotopic (exact) mass is 116 g/mol. The third-order valence-corrected chi connectivity index (χ3v) is 0.501. The van der Waals surface area contributed by atoms with E-state index < -0.39 is 0 Å². The Morgan fingerprint density at radius 1 is 1.88 bits per heavy atom. The molecule has 0 aliphatic rings. The summed E-state index contributed by atoms with van der Waals surface area (Å²) < 4.78 is 0. The van der Waals surface area contributed by atoms with E-state index in [1.54, 1.807) is 7.05 Å². The van der Waals surface area contributed by atoms with Crippen molar-refractivity contribution >= 4 is 0 Å². The first-order chi connectivity index (χ1) is 3.91. The summed E-state index contributed by atoms with van der Waals surface area (Å²) in [5.41, 5.74) is 10.2. The van der Waals surface area contributed by atoms with Crippen LogP contribution < -0.4 is 5.48 Å². The highest BCUT2D eigenvalue weighted by atomic mass is 16.6. The van der Waals surface area contributed by atoms with Crippen molar-refractivity contribution in [2.75, 3.05) is 20.2 Å². The topological polar surface area (TPSA) is 70.0 Å². The van der Waals surface area contributed by atoms with Gasteiger partial charge in [-0.2, -0.15) is 0 Å². The number of hydrogen-bond donors (Lipinski definition) is 1. The summed E-state index contributed by atoms with van der Waals surface area (Å²) in [4.78, 5) is 7.15. The Morgan fingerprint density at radius 2 is 2.62 bits per heavy atom. The Balaban J connectivity index is 2.82. The van der Waals surface area contributed by atoms with Gasteiger partial charge in [-0.1, -0.05) is 5.11 Å². The van der Waals surface area contributed by atoms with Crippen molar-refractivity contribution < 1.29 is 4.84 Å². The number of nitrogens with one attached hydrogen (secondary N) is 1. The molecule has 1 N–H and O–H groups in total. The van der Waals surface area contributed by atoms with Gasteiger partial charge in [0.2, 0.25) is 0 Å². The van der Waals surface area contributed by atoms with Gasteiger partial charge in [0.05, 0.1) is 13.2 Å². The van der Waals surface area contributed by atoms with Crippen molar-refractivity contribution in [3.8, 4) is 0 Å². The third kappa shape index (κ3) is 5.23. The Kier molecular flexibility index (Phi) is 5.63. The fourth-order valence-electron chi connectivity index (χ4n) is 0.233. The standard InChI is InChI=1S/C3H8N4O/c1-5-8-3-2-6-7-4/h5H,2-3H2,1H3. The van der Waals surface area contributed by atoms with Crippen LogP contribution in [0.3, 0.4) is 0 Å². The van der Waals surface area contributed by atoms with Gasteiger partial charge in [-0.05, 0) is 5.53 Å². The number of nitrogens with zero attached hydrogens (tertiary/aromatic N) is 3. The summed E-state index contributed by atoms with van der Waals surface area (Å²) in [5.74, 6) is 0. The number of rotatable bonds is 4. The molecule has 46 valence electrons. The Morgan fingerprint density at radius 3 is 3.12 bits per heavy atom. The van der Waals surface area contributed by atoms with Crippen molar-refractivity contribution in [1.29, 1.82) is 0 Å². The maximum absolute atomic E-state index is 7.75. The average molecular weight is 116 g/mol. The molecular formula is C3H8N4O. The average Bonchev–Trinajstić information content (AvgIpc) is 1.81. The van der Waals surface area contributed by atoms with Gasteiger partial charge in [0, 0.05) is 12.0 Å². The van der Waals surface area contributed by atoms with E-state index in [-0.39, 0.29) is 0 Å². The minimum Gasteiger partial charge on any atom is -0.302 e. The molecule has 8 heavy (non-hydrogen) atoms. The molecule has 0 saturated heterocycles. The maximum atomic E-state index is 7.75. The molecule has 0 atom stereocenters. The van der Waals surface area contributed by atoms with Crippen LogP contribution >= 0.6 is 0 Å². The van der Waals surface area contributed by atoms with E-state index >= 15 is 0 Å². The second kappa shape index (κ2) is 6.23. The van der Waals surface area contributed by atoms with E-state index in [4.69, 9.17) is 5.53 Å². The van der Waals surface area contributed by atoms with Gasteiger partial charge >= 0.3 is 0 Å². The largest absolute Gasteiger partial charge is 0.302 e. The molecule has 0 fully saturated rings. The van der Waals surface area contributed by atoms with E-state index in [1.165, 1.54) is 0 Å². The van der Waals surface area contributed by atoms with E-state index in [9.17, 15) is 0 Å². The molecule has 0 aromatic heterocycles. The summed E-state index contributed by atoms with van der Waals surface area (Å²) in [6.45, 7) is 0.790. The molecule has 5 heteroatoms. The molecule has 0 rings (SSSR count). The first-order valence-corrected chi connectivity index (χ1v) is 2.21. The van der Waals surface area contributed by atoms with E-state index in [0.29, 0.717) is 13.2 Å². The fraction of sp³-hybridized carbons (Fsp3) is 1.00. The molecule has 0 unspecified atom stereocenters. The van der Waals surface area contributed by atoms with Gasteiger partial charge in [-0.25, -0.2) is 5.48 Å². The molecule has 0 aliphatic heterocycles. The summed E-state index contributed by atoms with van der Waals surface area (Å²) in [6.07, 6.45) is 0. The third-order valence-electron chi connectivity index (χ3n) is 0.501. The van der Waals surface area contributed by atoms with E-state index in [1.807, 2.05) is 0 Å². The Labute approximate surface area is 47.2 Å². The van der Waals surface area contributed by atoms with Crippen LogP contribution in [0.25, 0.3) is 10.4 Å². The molecule has 0 heterocycles. The molecule has 0 amide bonds. The minimum absolute atomic E-state index is 0.372. The van der Waals surface area contributed by atoms with Crippen LogP contribution in [-0.4, -0.2) is 20.2 Å². The highest BCUT2D eigenvalue weighted by Gasteiger charge is 1.77. The van der Waals surface area contributed by atoms with Crippen LogP contribution in [0, 0.1) is 0 Å². The van der Waals surface area contributed by atoms with Gasteiger partial charge < -0.3 is 4.84 Å². The highest BCUT2D eigenvalue weighted by Crippen LogP contribution is 1.70. The van der Waals surface area contributed by atoms with Gasteiger partial charge in [-0.3, -0.25) is 0 Å². The molecule has 0 aromatic rings.